The van der Waals surface area contributed by atoms with Gasteiger partial charge in [0.2, 0.25) is 5.95 Å². The zero-order valence-corrected chi connectivity index (χ0v) is 8.30. The van der Waals surface area contributed by atoms with E-state index in [4.69, 9.17) is 9.15 Å². The Morgan fingerprint density at radius 3 is 2.80 bits per heavy atom. The van der Waals surface area contributed by atoms with E-state index in [1.54, 1.807) is 32.0 Å². The predicted octanol–water partition coefficient (Wildman–Crippen LogP) is 1.69. The van der Waals surface area contributed by atoms with Crippen LogP contribution in [0.25, 0.3) is 0 Å². The van der Waals surface area contributed by atoms with Gasteiger partial charge in [-0.3, -0.25) is 0 Å². The molecule has 0 bridgehead atoms. The van der Waals surface area contributed by atoms with Gasteiger partial charge in [-0.05, 0) is 6.07 Å². The van der Waals surface area contributed by atoms with Crippen LogP contribution in [0, 0.1) is 0 Å². The molecular weight excluding hydrogens is 194 g/mol. The van der Waals surface area contributed by atoms with E-state index >= 15 is 0 Å². The van der Waals surface area contributed by atoms with E-state index in [9.17, 15) is 0 Å². The highest BCUT2D eigenvalue weighted by Crippen LogP contribution is 2.08. The van der Waals surface area contributed by atoms with Crippen LogP contribution >= 0.6 is 0 Å². The first kappa shape index (κ1) is 9.51. The van der Waals surface area contributed by atoms with Gasteiger partial charge in [-0.25, -0.2) is 9.97 Å². The summed E-state index contributed by atoms with van der Waals surface area (Å²) in [4.78, 5) is 8.14. The minimum absolute atomic E-state index is 0.567. The normalized spacial score (nSPS) is 9.93. The zero-order chi connectivity index (χ0) is 10.5. The van der Waals surface area contributed by atoms with Crippen molar-refractivity contribution < 1.29 is 9.15 Å². The van der Waals surface area contributed by atoms with E-state index in [1.807, 2.05) is 6.07 Å². The molecule has 2 aromatic rings. The highest BCUT2D eigenvalue weighted by molar-refractivity contribution is 5.28. The van der Waals surface area contributed by atoms with Crippen LogP contribution in [0.5, 0.6) is 5.75 Å². The number of ether oxygens (including phenoxy) is 1. The Hall–Kier alpha value is -2.04. The molecule has 0 aromatic carbocycles. The van der Waals surface area contributed by atoms with E-state index < -0.39 is 0 Å². The number of methoxy groups -OCH3 is 1. The van der Waals surface area contributed by atoms with E-state index in [1.165, 1.54) is 0 Å². The van der Waals surface area contributed by atoms with Gasteiger partial charge in [0, 0.05) is 12.1 Å². The summed E-state index contributed by atoms with van der Waals surface area (Å²) in [5.41, 5.74) is 1.05. The van der Waals surface area contributed by atoms with Crippen LogP contribution < -0.4 is 10.1 Å². The molecule has 0 atom stereocenters. The molecule has 78 valence electrons. The fourth-order valence-corrected chi connectivity index (χ4v) is 1.09. The number of rotatable bonds is 4. The Kier molecular flexibility index (Phi) is 2.82. The topological polar surface area (TPSA) is 60.2 Å². The maximum atomic E-state index is 4.95. The van der Waals surface area contributed by atoms with Crippen molar-refractivity contribution in [3.63, 3.8) is 0 Å². The van der Waals surface area contributed by atoms with Crippen LogP contribution in [0.4, 0.5) is 5.95 Å². The third kappa shape index (κ3) is 2.46. The lowest BCUT2D eigenvalue weighted by molar-refractivity contribution is 0.411. The Morgan fingerprint density at radius 1 is 1.40 bits per heavy atom. The molecule has 0 radical (unpaired) electrons. The Morgan fingerprint density at radius 2 is 2.20 bits per heavy atom. The third-order valence-electron chi connectivity index (χ3n) is 1.89. The zero-order valence-electron chi connectivity index (χ0n) is 8.30. The lowest BCUT2D eigenvalue weighted by atomic mass is 10.3. The fraction of sp³-hybridized carbons (Fsp3) is 0.200. The van der Waals surface area contributed by atoms with Crippen molar-refractivity contribution in [3.8, 4) is 5.75 Å². The second-order valence-electron chi connectivity index (χ2n) is 2.93. The number of anilines is 1. The summed E-state index contributed by atoms with van der Waals surface area (Å²) in [6, 6.07) is 1.89. The Balaban J connectivity index is 1.93. The van der Waals surface area contributed by atoms with Gasteiger partial charge in [0.05, 0.1) is 32.0 Å². The second-order valence-corrected chi connectivity index (χ2v) is 2.93. The fourth-order valence-electron chi connectivity index (χ4n) is 1.09. The standard InChI is InChI=1S/C10H11N3O2/c1-14-9-5-12-10(13-6-9)11-4-8-2-3-15-7-8/h2-3,5-7H,4H2,1H3,(H,11,12,13). The number of nitrogens with zero attached hydrogens (tertiary/aromatic N) is 2. The molecule has 0 amide bonds. The lowest BCUT2D eigenvalue weighted by Crippen LogP contribution is -2.02. The summed E-state index contributed by atoms with van der Waals surface area (Å²) >= 11 is 0. The predicted molar refractivity (Wildman–Crippen MR) is 54.6 cm³/mol. The number of hydrogen-bond acceptors (Lipinski definition) is 5. The van der Waals surface area contributed by atoms with Crippen LogP contribution in [0.1, 0.15) is 5.56 Å². The molecule has 0 aliphatic carbocycles. The summed E-state index contributed by atoms with van der Waals surface area (Å²) in [6.45, 7) is 0.642. The Bertz CT molecular complexity index is 397. The molecule has 0 aliphatic rings. The molecule has 1 N–H and O–H groups in total. The first-order valence-electron chi connectivity index (χ1n) is 4.49. The molecule has 0 saturated heterocycles. The number of nitrogens with one attached hydrogen (secondary N) is 1. The molecule has 2 aromatic heterocycles. The van der Waals surface area contributed by atoms with Crippen molar-refractivity contribution in [1.82, 2.24) is 9.97 Å². The van der Waals surface area contributed by atoms with Crippen molar-refractivity contribution in [1.29, 1.82) is 0 Å². The summed E-state index contributed by atoms with van der Waals surface area (Å²) in [5, 5.41) is 3.06. The summed E-state index contributed by atoms with van der Waals surface area (Å²) < 4.78 is 9.89. The maximum Gasteiger partial charge on any atom is 0.223 e. The van der Waals surface area contributed by atoms with Gasteiger partial charge < -0.3 is 14.5 Å². The van der Waals surface area contributed by atoms with Gasteiger partial charge in [-0.15, -0.1) is 0 Å². The first-order chi connectivity index (χ1) is 7.38. The molecule has 0 saturated carbocycles. The quantitative estimate of drug-likeness (QED) is 0.823. The van der Waals surface area contributed by atoms with E-state index in [-0.39, 0.29) is 0 Å². The van der Waals surface area contributed by atoms with Crippen LogP contribution in [0.3, 0.4) is 0 Å². The average Bonchev–Trinajstić information content (AvgIpc) is 2.80. The lowest BCUT2D eigenvalue weighted by Gasteiger charge is -2.03. The van der Waals surface area contributed by atoms with Gasteiger partial charge in [-0.1, -0.05) is 0 Å². The van der Waals surface area contributed by atoms with E-state index in [2.05, 4.69) is 15.3 Å². The van der Waals surface area contributed by atoms with Gasteiger partial charge >= 0.3 is 0 Å². The highest BCUT2D eigenvalue weighted by Gasteiger charge is 1.98. The van der Waals surface area contributed by atoms with Crippen LogP contribution in [0.15, 0.2) is 35.4 Å². The second kappa shape index (κ2) is 4.45. The van der Waals surface area contributed by atoms with E-state index in [0.29, 0.717) is 18.2 Å². The number of furan rings is 1. The van der Waals surface area contributed by atoms with Gasteiger partial charge in [0.15, 0.2) is 5.75 Å². The molecule has 2 heterocycles. The Labute approximate surface area is 87.1 Å². The molecule has 0 spiro atoms. The number of aromatic nitrogens is 2. The molecule has 5 nitrogen and oxygen atoms in total. The minimum Gasteiger partial charge on any atom is -0.494 e. The maximum absolute atomic E-state index is 4.95. The molecule has 15 heavy (non-hydrogen) atoms. The van der Waals surface area contributed by atoms with Crippen LogP contribution in [0.2, 0.25) is 0 Å². The van der Waals surface area contributed by atoms with Crippen molar-refractivity contribution in [3.05, 3.63) is 36.5 Å². The van der Waals surface area contributed by atoms with Crippen molar-refractivity contribution in [2.45, 2.75) is 6.54 Å². The first-order valence-corrected chi connectivity index (χ1v) is 4.49. The molecule has 0 fully saturated rings. The SMILES string of the molecule is COc1cnc(NCc2ccoc2)nc1. The average molecular weight is 205 g/mol. The molecule has 2 rings (SSSR count). The summed E-state index contributed by atoms with van der Waals surface area (Å²) in [5.74, 6) is 1.21. The van der Waals surface area contributed by atoms with Gasteiger partial charge in [0.25, 0.3) is 0 Å². The van der Waals surface area contributed by atoms with Crippen molar-refractivity contribution in [2.24, 2.45) is 0 Å². The summed E-state index contributed by atoms with van der Waals surface area (Å²) in [7, 11) is 1.58. The smallest absolute Gasteiger partial charge is 0.223 e. The van der Waals surface area contributed by atoms with Crippen LogP contribution in [-0.4, -0.2) is 17.1 Å². The molecule has 0 unspecified atom stereocenters. The van der Waals surface area contributed by atoms with Gasteiger partial charge in [0.1, 0.15) is 0 Å². The largest absolute Gasteiger partial charge is 0.494 e. The highest BCUT2D eigenvalue weighted by atomic mass is 16.5. The van der Waals surface area contributed by atoms with Crippen molar-refractivity contribution in [2.75, 3.05) is 12.4 Å². The molecule has 0 aliphatic heterocycles. The monoisotopic (exact) mass is 205 g/mol. The van der Waals surface area contributed by atoms with E-state index in [0.717, 1.165) is 5.56 Å². The molecular formula is C10H11N3O2. The van der Waals surface area contributed by atoms with Gasteiger partial charge in [-0.2, -0.15) is 0 Å². The third-order valence-corrected chi connectivity index (χ3v) is 1.89. The number of hydrogen-bond donors (Lipinski definition) is 1. The van der Waals surface area contributed by atoms with Crippen molar-refractivity contribution >= 4 is 5.95 Å². The summed E-state index contributed by atoms with van der Waals surface area (Å²) in [6.07, 6.45) is 6.54. The molecule has 5 heteroatoms. The minimum atomic E-state index is 0.567. The van der Waals surface area contributed by atoms with Crippen LogP contribution in [-0.2, 0) is 6.54 Å².